The zero-order valence-corrected chi connectivity index (χ0v) is 10.9. The molecule has 1 aliphatic heterocycles. The van der Waals surface area contributed by atoms with Crippen molar-refractivity contribution in [3.63, 3.8) is 0 Å². The quantitative estimate of drug-likeness (QED) is 0.928. The fourth-order valence-electron chi connectivity index (χ4n) is 1.95. The van der Waals surface area contributed by atoms with Crippen LogP contribution in [0.5, 0.6) is 5.75 Å². The Bertz CT molecular complexity index is 593. The third-order valence-corrected chi connectivity index (χ3v) is 3.23. The van der Waals surface area contributed by atoms with Crippen molar-refractivity contribution in [3.05, 3.63) is 52.4 Å². The Kier molecular flexibility index (Phi) is 2.83. The zero-order chi connectivity index (χ0) is 12.5. The number of benzene rings is 1. The van der Waals surface area contributed by atoms with E-state index in [2.05, 4.69) is 21.2 Å². The molecular formula is C13H10BrNO3. The van der Waals surface area contributed by atoms with Crippen molar-refractivity contribution in [1.82, 2.24) is 5.32 Å². The van der Waals surface area contributed by atoms with Gasteiger partial charge in [-0.15, -0.1) is 0 Å². The molecule has 0 fully saturated rings. The fourth-order valence-corrected chi connectivity index (χ4v) is 2.25. The van der Waals surface area contributed by atoms with Crippen LogP contribution in [0.3, 0.4) is 0 Å². The second kappa shape index (κ2) is 4.49. The molecule has 0 radical (unpaired) electrons. The number of carbonyl (C=O) groups excluding carboxylic acids is 1. The number of hydrogen-bond donors (Lipinski definition) is 1. The van der Waals surface area contributed by atoms with Crippen LogP contribution in [-0.2, 0) is 0 Å². The first-order valence-corrected chi connectivity index (χ1v) is 6.31. The second-order valence-electron chi connectivity index (χ2n) is 3.98. The van der Waals surface area contributed by atoms with Gasteiger partial charge in [-0.25, -0.2) is 0 Å². The van der Waals surface area contributed by atoms with Crippen molar-refractivity contribution in [3.8, 4) is 5.75 Å². The second-order valence-corrected chi connectivity index (χ2v) is 4.76. The van der Waals surface area contributed by atoms with Crippen LogP contribution in [0.25, 0.3) is 0 Å². The molecule has 18 heavy (non-hydrogen) atoms. The van der Waals surface area contributed by atoms with Crippen molar-refractivity contribution < 1.29 is 13.9 Å². The highest BCUT2D eigenvalue weighted by molar-refractivity contribution is 9.10. The smallest absolute Gasteiger partial charge is 0.287 e. The Hall–Kier alpha value is -1.75. The minimum atomic E-state index is -0.244. The van der Waals surface area contributed by atoms with E-state index in [4.69, 9.17) is 9.15 Å². The highest BCUT2D eigenvalue weighted by Crippen LogP contribution is 2.31. The summed E-state index contributed by atoms with van der Waals surface area (Å²) < 4.78 is 11.2. The molecule has 1 aromatic heterocycles. The third kappa shape index (κ3) is 2.01. The molecule has 4 nitrogen and oxygen atoms in total. The lowest BCUT2D eigenvalue weighted by molar-refractivity contribution is 0.0901. The minimum Gasteiger partial charge on any atom is -0.491 e. The maximum absolute atomic E-state index is 11.9. The van der Waals surface area contributed by atoms with Crippen LogP contribution < -0.4 is 10.1 Å². The van der Waals surface area contributed by atoms with Gasteiger partial charge in [0.25, 0.3) is 5.91 Å². The van der Waals surface area contributed by atoms with Crippen molar-refractivity contribution in [2.24, 2.45) is 0 Å². The summed E-state index contributed by atoms with van der Waals surface area (Å²) in [6, 6.07) is 10.9. The van der Waals surface area contributed by atoms with E-state index in [1.807, 2.05) is 24.3 Å². The Morgan fingerprint density at radius 2 is 2.11 bits per heavy atom. The van der Waals surface area contributed by atoms with Gasteiger partial charge in [0.05, 0.1) is 6.04 Å². The third-order valence-electron chi connectivity index (χ3n) is 2.80. The Labute approximate surface area is 112 Å². The average Bonchev–Trinajstić information content (AvgIpc) is 2.97. The molecule has 1 N–H and O–H groups in total. The lowest BCUT2D eigenvalue weighted by Gasteiger charge is -2.09. The number of hydrogen-bond acceptors (Lipinski definition) is 3. The first kappa shape index (κ1) is 11.3. The van der Waals surface area contributed by atoms with Crippen LogP contribution in [-0.4, -0.2) is 12.5 Å². The van der Waals surface area contributed by atoms with Crippen molar-refractivity contribution in [2.45, 2.75) is 6.04 Å². The summed E-state index contributed by atoms with van der Waals surface area (Å²) in [5.41, 5.74) is 0.997. The normalized spacial score (nSPS) is 17.1. The molecule has 0 saturated heterocycles. The molecule has 1 atom stereocenters. The lowest BCUT2D eigenvalue weighted by atomic mass is 10.1. The van der Waals surface area contributed by atoms with Gasteiger partial charge in [-0.2, -0.15) is 0 Å². The number of rotatable bonds is 2. The highest BCUT2D eigenvalue weighted by atomic mass is 79.9. The lowest BCUT2D eigenvalue weighted by Crippen LogP contribution is -2.29. The van der Waals surface area contributed by atoms with Crippen LogP contribution in [0.15, 0.2) is 45.5 Å². The SMILES string of the molecule is O=C(NC1COc2ccccc21)c1ccc(Br)o1. The van der Waals surface area contributed by atoms with Gasteiger partial charge in [0, 0.05) is 5.56 Å². The molecule has 0 bridgehead atoms. The number of amides is 1. The average molecular weight is 308 g/mol. The van der Waals surface area contributed by atoms with Gasteiger partial charge in [-0.1, -0.05) is 18.2 Å². The monoisotopic (exact) mass is 307 g/mol. The summed E-state index contributed by atoms with van der Waals surface area (Å²) in [5, 5.41) is 2.89. The van der Waals surface area contributed by atoms with E-state index in [0.29, 0.717) is 11.3 Å². The Morgan fingerprint density at radius 1 is 1.28 bits per heavy atom. The predicted octanol–water partition coefficient (Wildman–Crippen LogP) is 2.91. The summed E-state index contributed by atoms with van der Waals surface area (Å²) in [5.74, 6) is 0.862. The summed E-state index contributed by atoms with van der Waals surface area (Å²) in [4.78, 5) is 11.9. The molecule has 1 aromatic carbocycles. The number of nitrogens with one attached hydrogen (secondary N) is 1. The Balaban J connectivity index is 1.77. The summed E-state index contributed by atoms with van der Waals surface area (Å²) in [6.45, 7) is 0.451. The zero-order valence-electron chi connectivity index (χ0n) is 9.35. The largest absolute Gasteiger partial charge is 0.491 e. The molecule has 1 amide bonds. The number of ether oxygens (including phenoxy) is 1. The van der Waals surface area contributed by atoms with Crippen molar-refractivity contribution in [1.29, 1.82) is 0 Å². The maximum Gasteiger partial charge on any atom is 0.287 e. The van der Waals surface area contributed by atoms with Gasteiger partial charge in [-0.05, 0) is 34.1 Å². The number of fused-ring (bicyclic) bond motifs is 1. The molecule has 1 aliphatic rings. The van der Waals surface area contributed by atoms with Crippen LogP contribution in [0, 0.1) is 0 Å². The molecule has 2 heterocycles. The van der Waals surface area contributed by atoms with E-state index in [-0.39, 0.29) is 17.7 Å². The molecule has 1 unspecified atom stereocenters. The van der Waals surface area contributed by atoms with Crippen LogP contribution >= 0.6 is 15.9 Å². The van der Waals surface area contributed by atoms with Crippen LogP contribution in [0.1, 0.15) is 22.2 Å². The number of carbonyl (C=O) groups is 1. The molecule has 0 saturated carbocycles. The van der Waals surface area contributed by atoms with Gasteiger partial charge in [0.15, 0.2) is 10.4 Å². The Morgan fingerprint density at radius 3 is 2.89 bits per heavy atom. The molecule has 0 aliphatic carbocycles. The topological polar surface area (TPSA) is 51.5 Å². The molecule has 92 valence electrons. The summed E-state index contributed by atoms with van der Waals surface area (Å²) in [7, 11) is 0. The number of furan rings is 1. The maximum atomic E-state index is 11.9. The van der Waals surface area contributed by atoms with Gasteiger partial charge in [0.1, 0.15) is 12.4 Å². The van der Waals surface area contributed by atoms with Gasteiger partial charge >= 0.3 is 0 Å². The fraction of sp³-hybridized carbons (Fsp3) is 0.154. The standard InChI is InChI=1S/C13H10BrNO3/c14-12-6-5-11(18-12)13(16)15-9-7-17-10-4-2-1-3-8(9)10/h1-6,9H,7H2,(H,15,16). The van der Waals surface area contributed by atoms with E-state index < -0.39 is 0 Å². The molecule has 3 rings (SSSR count). The molecular weight excluding hydrogens is 298 g/mol. The minimum absolute atomic E-state index is 0.127. The highest BCUT2D eigenvalue weighted by Gasteiger charge is 2.26. The van der Waals surface area contributed by atoms with Gasteiger partial charge in [-0.3, -0.25) is 4.79 Å². The molecule has 5 heteroatoms. The first-order chi connectivity index (χ1) is 8.74. The van der Waals surface area contributed by atoms with Gasteiger partial charge < -0.3 is 14.5 Å². The van der Waals surface area contributed by atoms with Crippen LogP contribution in [0.2, 0.25) is 0 Å². The summed E-state index contributed by atoms with van der Waals surface area (Å²) >= 11 is 3.17. The van der Waals surface area contributed by atoms with Crippen molar-refractivity contribution >= 4 is 21.8 Å². The van der Waals surface area contributed by atoms with Gasteiger partial charge in [0.2, 0.25) is 0 Å². The van der Waals surface area contributed by atoms with E-state index in [0.717, 1.165) is 11.3 Å². The van der Waals surface area contributed by atoms with E-state index in [1.54, 1.807) is 12.1 Å². The van der Waals surface area contributed by atoms with Crippen molar-refractivity contribution in [2.75, 3.05) is 6.61 Å². The van der Waals surface area contributed by atoms with Crippen LogP contribution in [0.4, 0.5) is 0 Å². The van der Waals surface area contributed by atoms with E-state index >= 15 is 0 Å². The van der Waals surface area contributed by atoms with E-state index in [1.165, 1.54) is 0 Å². The van der Waals surface area contributed by atoms with E-state index in [9.17, 15) is 4.79 Å². The predicted molar refractivity (Wildman–Crippen MR) is 68.6 cm³/mol. The number of halogens is 1. The number of para-hydroxylation sites is 1. The molecule has 2 aromatic rings. The molecule has 0 spiro atoms. The summed E-state index contributed by atoms with van der Waals surface area (Å²) in [6.07, 6.45) is 0. The first-order valence-electron chi connectivity index (χ1n) is 5.52.